The van der Waals surface area contributed by atoms with E-state index < -0.39 is 0 Å². The van der Waals surface area contributed by atoms with E-state index >= 15 is 0 Å². The summed E-state index contributed by atoms with van der Waals surface area (Å²) in [4.78, 5) is 15.1. The number of nitrogens with zero attached hydrogens (tertiary/aromatic N) is 3. The van der Waals surface area contributed by atoms with Gasteiger partial charge in [-0.15, -0.1) is 0 Å². The minimum Gasteiger partial charge on any atom is -0.374 e. The van der Waals surface area contributed by atoms with Crippen LogP contribution in [0.2, 0.25) is 10.3 Å². The quantitative estimate of drug-likeness (QED) is 0.902. The maximum atomic E-state index is 5.72. The highest BCUT2D eigenvalue weighted by molar-refractivity contribution is 6.40. The smallest absolute Gasteiger partial charge is 0.199 e. The zero-order valence-corrected chi connectivity index (χ0v) is 9.43. The van der Waals surface area contributed by atoms with Gasteiger partial charge in [-0.2, -0.15) is 0 Å². The van der Waals surface area contributed by atoms with E-state index in [9.17, 15) is 0 Å². The van der Waals surface area contributed by atoms with Gasteiger partial charge in [0.25, 0.3) is 0 Å². The van der Waals surface area contributed by atoms with Crippen molar-refractivity contribution in [1.29, 1.82) is 0 Å². The zero-order valence-electron chi connectivity index (χ0n) is 7.92. The Labute approximate surface area is 95.8 Å². The van der Waals surface area contributed by atoms with Crippen LogP contribution in [0, 0.1) is 0 Å². The second-order valence-corrected chi connectivity index (χ2v) is 3.51. The molecule has 1 N–H and O–H groups in total. The van der Waals surface area contributed by atoms with Crippen molar-refractivity contribution in [2.24, 2.45) is 0 Å². The molecular formula is C8H8Cl2N4O. The van der Waals surface area contributed by atoms with Gasteiger partial charge in [0.15, 0.2) is 21.6 Å². The first-order valence-corrected chi connectivity index (χ1v) is 5.11. The van der Waals surface area contributed by atoms with Crippen LogP contribution in [0.4, 0.5) is 0 Å². The highest BCUT2D eigenvalue weighted by atomic mass is 35.5. The van der Waals surface area contributed by atoms with Crippen molar-refractivity contribution in [3.63, 3.8) is 0 Å². The Bertz CT molecular complexity index is 446. The van der Waals surface area contributed by atoms with E-state index in [1.807, 2.05) is 6.92 Å². The molecule has 2 aromatic rings. The number of rotatable bonds is 3. The van der Waals surface area contributed by atoms with E-state index in [1.54, 1.807) is 0 Å². The average Bonchev–Trinajstić information content (AvgIpc) is 2.58. The van der Waals surface area contributed by atoms with Gasteiger partial charge in [-0.05, 0) is 6.92 Å². The van der Waals surface area contributed by atoms with Gasteiger partial charge in [0.05, 0.1) is 0 Å². The lowest BCUT2D eigenvalue weighted by atomic mass is 10.7. The van der Waals surface area contributed by atoms with Gasteiger partial charge in [0, 0.05) is 6.61 Å². The topological polar surface area (TPSA) is 63.7 Å². The second kappa shape index (κ2) is 4.30. The van der Waals surface area contributed by atoms with Gasteiger partial charge in [0.2, 0.25) is 0 Å². The van der Waals surface area contributed by atoms with Crippen LogP contribution < -0.4 is 0 Å². The van der Waals surface area contributed by atoms with Crippen LogP contribution in [0.3, 0.4) is 0 Å². The maximum Gasteiger partial charge on any atom is 0.199 e. The Morgan fingerprint density at radius 3 is 2.67 bits per heavy atom. The van der Waals surface area contributed by atoms with Gasteiger partial charge in [0.1, 0.15) is 12.4 Å². The van der Waals surface area contributed by atoms with Crippen LogP contribution in [0.25, 0.3) is 11.3 Å². The summed E-state index contributed by atoms with van der Waals surface area (Å²) in [5.41, 5.74) is 0.957. The molecule has 0 fully saturated rings. The highest BCUT2D eigenvalue weighted by Crippen LogP contribution is 2.19. The van der Waals surface area contributed by atoms with E-state index in [0.717, 1.165) is 0 Å². The van der Waals surface area contributed by atoms with E-state index in [2.05, 4.69) is 19.9 Å². The van der Waals surface area contributed by atoms with Crippen molar-refractivity contribution in [2.75, 3.05) is 6.61 Å². The standard InChI is InChI=1S/C8H8Cl2N4O/c1-2-15-3-4-11-7-8(12-4)14-6(10)5(9)13-7/h2-3H2,1H3,(H,11,12,13,14). The summed E-state index contributed by atoms with van der Waals surface area (Å²) >= 11 is 11.4. The summed E-state index contributed by atoms with van der Waals surface area (Å²) in [5.74, 6) is 0.658. The molecule has 7 heteroatoms. The van der Waals surface area contributed by atoms with Gasteiger partial charge in [-0.25, -0.2) is 15.0 Å². The summed E-state index contributed by atoms with van der Waals surface area (Å²) in [6.07, 6.45) is 0. The number of nitrogens with one attached hydrogen (secondary N) is 1. The lowest BCUT2D eigenvalue weighted by Gasteiger charge is -1.94. The number of halogens is 2. The molecule has 0 aliphatic heterocycles. The largest absolute Gasteiger partial charge is 0.374 e. The predicted molar refractivity (Wildman–Crippen MR) is 57.0 cm³/mol. The molecule has 80 valence electrons. The molecule has 2 heterocycles. The minimum atomic E-state index is 0.152. The Balaban J connectivity index is 2.38. The molecule has 0 saturated heterocycles. The fourth-order valence-corrected chi connectivity index (χ4v) is 1.36. The predicted octanol–water partition coefficient (Wildman–Crippen LogP) is 2.20. The lowest BCUT2D eigenvalue weighted by molar-refractivity contribution is 0.129. The molecule has 2 rings (SSSR count). The van der Waals surface area contributed by atoms with Crippen LogP contribution >= 0.6 is 23.2 Å². The van der Waals surface area contributed by atoms with Gasteiger partial charge in [-0.3, -0.25) is 0 Å². The number of aromatic amines is 1. The first-order valence-electron chi connectivity index (χ1n) is 4.36. The molecule has 2 aromatic heterocycles. The number of H-pyrrole nitrogens is 1. The molecule has 0 radical (unpaired) electrons. The van der Waals surface area contributed by atoms with E-state index in [1.165, 1.54) is 0 Å². The summed E-state index contributed by atoms with van der Waals surface area (Å²) in [7, 11) is 0. The maximum absolute atomic E-state index is 5.72. The summed E-state index contributed by atoms with van der Waals surface area (Å²) in [5, 5.41) is 0.314. The van der Waals surface area contributed by atoms with Gasteiger partial charge >= 0.3 is 0 Å². The van der Waals surface area contributed by atoms with Crippen molar-refractivity contribution in [3.05, 3.63) is 16.1 Å². The van der Waals surface area contributed by atoms with Crippen molar-refractivity contribution >= 4 is 34.5 Å². The van der Waals surface area contributed by atoms with Crippen molar-refractivity contribution < 1.29 is 4.74 Å². The van der Waals surface area contributed by atoms with Gasteiger partial charge < -0.3 is 9.72 Å². The Hall–Kier alpha value is -0.910. The third kappa shape index (κ3) is 2.19. The van der Waals surface area contributed by atoms with Crippen LogP contribution in [0.15, 0.2) is 0 Å². The first kappa shape index (κ1) is 10.6. The highest BCUT2D eigenvalue weighted by Gasteiger charge is 2.09. The summed E-state index contributed by atoms with van der Waals surface area (Å²) < 4.78 is 5.19. The van der Waals surface area contributed by atoms with Crippen LogP contribution in [0.5, 0.6) is 0 Å². The van der Waals surface area contributed by atoms with Crippen LogP contribution in [0.1, 0.15) is 12.7 Å². The number of hydrogen-bond donors (Lipinski definition) is 1. The summed E-state index contributed by atoms with van der Waals surface area (Å²) in [6.45, 7) is 2.93. The molecule has 0 aromatic carbocycles. The van der Waals surface area contributed by atoms with Crippen molar-refractivity contribution in [1.82, 2.24) is 19.9 Å². The van der Waals surface area contributed by atoms with Crippen LogP contribution in [-0.4, -0.2) is 26.5 Å². The van der Waals surface area contributed by atoms with Crippen LogP contribution in [-0.2, 0) is 11.3 Å². The lowest BCUT2D eigenvalue weighted by Crippen LogP contribution is -1.93. The summed E-state index contributed by atoms with van der Waals surface area (Å²) in [6, 6.07) is 0. The monoisotopic (exact) mass is 246 g/mol. The number of hydrogen-bond acceptors (Lipinski definition) is 4. The number of aromatic nitrogens is 4. The third-order valence-corrected chi connectivity index (χ3v) is 2.37. The van der Waals surface area contributed by atoms with Crippen molar-refractivity contribution in [3.8, 4) is 0 Å². The molecule has 0 spiro atoms. The molecule has 0 aliphatic carbocycles. The van der Waals surface area contributed by atoms with E-state index in [0.29, 0.717) is 30.3 Å². The molecule has 0 atom stereocenters. The molecule has 5 nitrogen and oxygen atoms in total. The number of fused-ring (bicyclic) bond motifs is 1. The van der Waals surface area contributed by atoms with Gasteiger partial charge in [-0.1, -0.05) is 23.2 Å². The number of imidazole rings is 1. The average molecular weight is 247 g/mol. The zero-order chi connectivity index (χ0) is 10.8. The molecule has 0 bridgehead atoms. The minimum absolute atomic E-state index is 0.152. The molecule has 0 saturated carbocycles. The fraction of sp³-hybridized carbons (Fsp3) is 0.375. The Morgan fingerprint density at radius 1 is 1.20 bits per heavy atom. The Kier molecular flexibility index (Phi) is 3.04. The SMILES string of the molecule is CCOCc1nc2nc(Cl)c(Cl)nc2[nH]1. The number of ether oxygens (including phenoxy) is 1. The second-order valence-electron chi connectivity index (χ2n) is 2.80. The first-order chi connectivity index (χ1) is 7.20. The molecular weight excluding hydrogens is 239 g/mol. The van der Waals surface area contributed by atoms with Crippen molar-refractivity contribution in [2.45, 2.75) is 13.5 Å². The fourth-order valence-electron chi connectivity index (χ4n) is 1.11. The third-order valence-electron chi connectivity index (χ3n) is 1.74. The van der Waals surface area contributed by atoms with E-state index in [-0.39, 0.29) is 10.3 Å². The normalized spacial score (nSPS) is 11.1. The molecule has 15 heavy (non-hydrogen) atoms. The molecule has 0 aliphatic rings. The Morgan fingerprint density at radius 2 is 1.93 bits per heavy atom. The molecule has 0 amide bonds. The van der Waals surface area contributed by atoms with E-state index in [4.69, 9.17) is 27.9 Å². The molecule has 0 unspecified atom stereocenters.